The van der Waals surface area contributed by atoms with Crippen LogP contribution in [0.1, 0.15) is 36.0 Å². The molecule has 0 aliphatic carbocycles. The molecule has 1 fully saturated rings. The number of carbonyl (C=O) groups excluding carboxylic acids is 1. The number of hydrogen-bond acceptors (Lipinski definition) is 5. The molecule has 2 aromatic rings. The molecule has 1 atom stereocenters. The Bertz CT molecular complexity index is 942. The molecule has 1 N–H and O–H groups in total. The van der Waals surface area contributed by atoms with Crippen LogP contribution in [0.2, 0.25) is 0 Å². The van der Waals surface area contributed by atoms with Crippen LogP contribution in [0.15, 0.2) is 54.4 Å². The van der Waals surface area contributed by atoms with Gasteiger partial charge in [0, 0.05) is 19.9 Å². The molecular formula is C19H20F2N4O2. The average molecular weight is 374 g/mol. The maximum absolute atomic E-state index is 14.5. The van der Waals surface area contributed by atoms with E-state index in [9.17, 15) is 13.6 Å². The lowest BCUT2D eigenvalue weighted by molar-refractivity contribution is -0.0371. The van der Waals surface area contributed by atoms with Crippen LogP contribution in [0.3, 0.4) is 0 Å². The van der Waals surface area contributed by atoms with Crippen molar-refractivity contribution in [2.24, 2.45) is 0 Å². The van der Waals surface area contributed by atoms with Gasteiger partial charge in [-0.25, -0.2) is 18.4 Å². The third kappa shape index (κ3) is 3.52. The molecule has 0 amide bonds. The molecule has 27 heavy (non-hydrogen) atoms. The Hall–Kier alpha value is -2.87. The van der Waals surface area contributed by atoms with Crippen molar-refractivity contribution >= 4 is 16.8 Å². The van der Waals surface area contributed by atoms with Gasteiger partial charge in [0.15, 0.2) is 17.7 Å². The molecule has 1 saturated heterocycles. The molecule has 0 spiro atoms. The van der Waals surface area contributed by atoms with E-state index in [2.05, 4.69) is 28.6 Å². The lowest BCUT2D eigenvalue weighted by atomic mass is 10.1. The van der Waals surface area contributed by atoms with Gasteiger partial charge in [-0.2, -0.15) is 5.10 Å². The van der Waals surface area contributed by atoms with Crippen LogP contribution in [-0.2, 0) is 4.74 Å². The fraction of sp³-hybridized carbons (Fsp3) is 0.316. The van der Waals surface area contributed by atoms with E-state index in [0.717, 1.165) is 19.3 Å². The van der Waals surface area contributed by atoms with Gasteiger partial charge in [-0.05, 0) is 31.4 Å². The summed E-state index contributed by atoms with van der Waals surface area (Å²) in [7, 11) is 1.33. The Labute approximate surface area is 155 Å². The molecule has 2 aromatic heterocycles. The molecule has 142 valence electrons. The van der Waals surface area contributed by atoms with E-state index in [0.29, 0.717) is 17.6 Å². The third-order valence-corrected chi connectivity index (χ3v) is 4.39. The van der Waals surface area contributed by atoms with Gasteiger partial charge in [-0.15, -0.1) is 0 Å². The van der Waals surface area contributed by atoms with Gasteiger partial charge in [-0.1, -0.05) is 13.2 Å². The first-order valence-electron chi connectivity index (χ1n) is 8.56. The zero-order valence-corrected chi connectivity index (χ0v) is 15.0. The zero-order chi connectivity index (χ0) is 19.6. The molecule has 6 nitrogen and oxygen atoms in total. The maximum atomic E-state index is 14.5. The average Bonchev–Trinajstić information content (AvgIpc) is 3.07. The van der Waals surface area contributed by atoms with Gasteiger partial charge in [0.1, 0.15) is 17.2 Å². The number of hydrogen-bond donors (Lipinski definition) is 1. The quantitative estimate of drug-likeness (QED) is 0.474. The van der Waals surface area contributed by atoms with Crippen LogP contribution < -0.4 is 5.32 Å². The van der Waals surface area contributed by atoms with Crippen molar-refractivity contribution in [1.82, 2.24) is 20.1 Å². The lowest BCUT2D eigenvalue weighted by Crippen LogP contribution is -2.20. The number of ether oxygens (including phenoxy) is 1. The smallest absolute Gasteiger partial charge is 0.216 e. The summed E-state index contributed by atoms with van der Waals surface area (Å²) in [5, 5.41) is 7.14. The molecule has 1 aliphatic heterocycles. The second-order valence-electron chi connectivity index (χ2n) is 6.14. The second-order valence-corrected chi connectivity index (χ2v) is 6.14. The number of aromatic nitrogens is 3. The number of nitrogens with zero attached hydrogens (tertiary/aromatic N) is 3. The molecule has 0 saturated carbocycles. The highest BCUT2D eigenvalue weighted by Crippen LogP contribution is 2.29. The van der Waals surface area contributed by atoms with Crippen molar-refractivity contribution < 1.29 is 18.3 Å². The van der Waals surface area contributed by atoms with Crippen LogP contribution >= 0.6 is 0 Å². The number of Topliss-reactive ketones (excluding diaryl/α,β-unsaturated/α-hetero) is 1. The molecule has 0 radical (unpaired) electrons. The van der Waals surface area contributed by atoms with E-state index in [4.69, 9.17) is 4.74 Å². The number of fused-ring (bicyclic) bond motifs is 1. The van der Waals surface area contributed by atoms with Crippen molar-refractivity contribution in [2.75, 3.05) is 13.7 Å². The van der Waals surface area contributed by atoms with E-state index >= 15 is 0 Å². The van der Waals surface area contributed by atoms with Gasteiger partial charge in [0.05, 0.1) is 11.0 Å². The number of allylic oxidation sites excluding steroid dienone is 3. The number of ketones is 1. The molecule has 3 rings (SSSR count). The highest BCUT2D eigenvalue weighted by Gasteiger charge is 2.27. The molecule has 0 aromatic carbocycles. The van der Waals surface area contributed by atoms with Crippen molar-refractivity contribution in [3.8, 4) is 0 Å². The number of rotatable bonds is 6. The van der Waals surface area contributed by atoms with Crippen LogP contribution in [0.25, 0.3) is 11.0 Å². The van der Waals surface area contributed by atoms with E-state index in [1.54, 1.807) is 23.0 Å². The SMILES string of the molecule is C=C(C(=O)c1nn(C2CCCCO2)c2ncccc12)/C(F)=C(/NC)C(=C)F. The minimum atomic E-state index is -1.12. The van der Waals surface area contributed by atoms with Gasteiger partial charge >= 0.3 is 0 Å². The fourth-order valence-corrected chi connectivity index (χ4v) is 3.02. The molecule has 1 aliphatic rings. The third-order valence-electron chi connectivity index (χ3n) is 4.39. The summed E-state index contributed by atoms with van der Waals surface area (Å²) in [4.78, 5) is 17.1. The minimum Gasteiger partial charge on any atom is -0.383 e. The fourth-order valence-electron chi connectivity index (χ4n) is 3.02. The van der Waals surface area contributed by atoms with Gasteiger partial charge in [-0.3, -0.25) is 4.79 Å². The summed E-state index contributed by atoms with van der Waals surface area (Å²) in [6.45, 7) is 7.12. The molecule has 0 bridgehead atoms. The predicted molar refractivity (Wildman–Crippen MR) is 97.3 cm³/mol. The monoisotopic (exact) mass is 374 g/mol. The Morgan fingerprint density at radius 1 is 1.37 bits per heavy atom. The van der Waals surface area contributed by atoms with Crippen LogP contribution in [0.4, 0.5) is 8.78 Å². The standard InChI is InChI=1S/C19H20F2N4O2/c1-11(15(21)16(22-3)12(2)20)18(26)17-13-7-6-9-23-19(13)25(24-17)14-8-4-5-10-27-14/h6-7,9,14,22H,1-2,4-5,8,10H2,3H3/b16-15-. The van der Waals surface area contributed by atoms with Crippen molar-refractivity contribution in [2.45, 2.75) is 25.5 Å². The Kier molecular flexibility index (Phi) is 5.46. The topological polar surface area (TPSA) is 69.0 Å². The van der Waals surface area contributed by atoms with Crippen LogP contribution in [0, 0.1) is 0 Å². The largest absolute Gasteiger partial charge is 0.383 e. The van der Waals surface area contributed by atoms with Crippen LogP contribution in [0.5, 0.6) is 0 Å². The van der Waals surface area contributed by atoms with Gasteiger partial charge < -0.3 is 10.1 Å². The highest BCUT2D eigenvalue weighted by molar-refractivity contribution is 6.15. The summed E-state index contributed by atoms with van der Waals surface area (Å²) in [5.74, 6) is -2.90. The van der Waals surface area contributed by atoms with E-state index in [1.807, 2.05) is 0 Å². The number of likely N-dealkylation sites (N-methyl/N-ethyl adjacent to an activating group) is 1. The molecular weight excluding hydrogens is 354 g/mol. The van der Waals surface area contributed by atoms with E-state index in [-0.39, 0.29) is 11.9 Å². The first-order valence-corrected chi connectivity index (χ1v) is 8.56. The minimum absolute atomic E-state index is 0.00709. The van der Waals surface area contributed by atoms with Crippen molar-refractivity contribution in [3.05, 3.63) is 60.1 Å². The van der Waals surface area contributed by atoms with Crippen molar-refractivity contribution in [1.29, 1.82) is 0 Å². The number of pyridine rings is 1. The van der Waals surface area contributed by atoms with E-state index in [1.165, 1.54) is 7.05 Å². The predicted octanol–water partition coefficient (Wildman–Crippen LogP) is 3.75. The van der Waals surface area contributed by atoms with Crippen molar-refractivity contribution in [3.63, 3.8) is 0 Å². The summed E-state index contributed by atoms with van der Waals surface area (Å²) in [6, 6.07) is 3.33. The first-order chi connectivity index (χ1) is 13.0. The Balaban J connectivity index is 2.05. The molecule has 3 heterocycles. The summed E-state index contributed by atoms with van der Waals surface area (Å²) in [5.41, 5.74) is -0.579. The van der Waals surface area contributed by atoms with Gasteiger partial charge in [0.25, 0.3) is 0 Å². The number of nitrogens with one attached hydrogen (secondary N) is 1. The van der Waals surface area contributed by atoms with E-state index < -0.39 is 28.7 Å². The maximum Gasteiger partial charge on any atom is 0.216 e. The Morgan fingerprint density at radius 2 is 2.15 bits per heavy atom. The zero-order valence-electron chi connectivity index (χ0n) is 15.0. The number of halogens is 2. The van der Waals surface area contributed by atoms with Gasteiger partial charge in [0.2, 0.25) is 5.78 Å². The number of carbonyl (C=O) groups is 1. The lowest BCUT2D eigenvalue weighted by Gasteiger charge is -2.22. The summed E-state index contributed by atoms with van der Waals surface area (Å²) >= 11 is 0. The molecule has 8 heteroatoms. The van der Waals surface area contributed by atoms with Crippen LogP contribution in [-0.4, -0.2) is 34.2 Å². The first kappa shape index (κ1) is 18.9. The summed E-state index contributed by atoms with van der Waals surface area (Å²) in [6.07, 6.45) is 3.91. The summed E-state index contributed by atoms with van der Waals surface area (Å²) < 4.78 is 35.2. The Morgan fingerprint density at radius 3 is 2.78 bits per heavy atom. The second kappa shape index (κ2) is 7.79. The highest BCUT2D eigenvalue weighted by atomic mass is 19.1. The molecule has 1 unspecified atom stereocenters. The normalized spacial score (nSPS) is 18.1.